The summed E-state index contributed by atoms with van der Waals surface area (Å²) < 4.78 is 2.19. The van der Waals surface area contributed by atoms with Gasteiger partial charge in [-0.25, -0.2) is 0 Å². The summed E-state index contributed by atoms with van der Waals surface area (Å²) >= 11 is 0. The molecule has 84 valence electrons. The molecule has 16 heavy (non-hydrogen) atoms. The lowest BCUT2D eigenvalue weighted by Crippen LogP contribution is -1.88. The van der Waals surface area contributed by atoms with Crippen molar-refractivity contribution in [3.05, 3.63) is 48.2 Å². The fraction of sp³-hybridized carbons (Fsp3) is 0.333. The van der Waals surface area contributed by atoms with Crippen LogP contribution in [0.5, 0.6) is 0 Å². The Kier molecular flexibility index (Phi) is 2.86. The molecule has 0 radical (unpaired) electrons. The molecular formula is C15H19N. The summed E-state index contributed by atoms with van der Waals surface area (Å²) in [6, 6.07) is 6.76. The van der Waals surface area contributed by atoms with Crippen LogP contribution in [0.3, 0.4) is 0 Å². The lowest BCUT2D eigenvalue weighted by Gasteiger charge is -2.06. The van der Waals surface area contributed by atoms with Crippen LogP contribution in [-0.4, -0.2) is 4.57 Å². The first-order chi connectivity index (χ1) is 7.63. The van der Waals surface area contributed by atoms with E-state index in [9.17, 15) is 0 Å². The fourth-order valence-electron chi connectivity index (χ4n) is 2.17. The lowest BCUT2D eigenvalue weighted by atomic mass is 10.00. The van der Waals surface area contributed by atoms with Crippen LogP contribution in [0.4, 0.5) is 0 Å². The Morgan fingerprint density at radius 1 is 1.38 bits per heavy atom. The predicted octanol–water partition coefficient (Wildman–Crippen LogP) is 4.03. The van der Waals surface area contributed by atoms with E-state index in [1.54, 1.807) is 0 Å². The van der Waals surface area contributed by atoms with Gasteiger partial charge in [0.05, 0.1) is 0 Å². The van der Waals surface area contributed by atoms with Gasteiger partial charge in [0.1, 0.15) is 0 Å². The van der Waals surface area contributed by atoms with Crippen molar-refractivity contribution in [2.24, 2.45) is 7.05 Å². The molecule has 2 rings (SSSR count). The van der Waals surface area contributed by atoms with E-state index < -0.39 is 0 Å². The van der Waals surface area contributed by atoms with Gasteiger partial charge in [0, 0.05) is 24.1 Å². The normalized spacial score (nSPS) is 11.2. The Bertz CT molecular complexity index is 517. The summed E-state index contributed by atoms with van der Waals surface area (Å²) in [7, 11) is 2.10. The van der Waals surface area contributed by atoms with E-state index in [0.717, 1.165) is 6.42 Å². The first-order valence-electron chi connectivity index (χ1n) is 5.82. The molecule has 1 heterocycles. The average molecular weight is 213 g/mol. The zero-order chi connectivity index (χ0) is 11.7. The maximum atomic E-state index is 3.82. The van der Waals surface area contributed by atoms with Crippen LogP contribution in [-0.2, 0) is 13.5 Å². The number of benzene rings is 1. The third kappa shape index (κ3) is 1.78. The van der Waals surface area contributed by atoms with Crippen molar-refractivity contribution in [1.29, 1.82) is 0 Å². The van der Waals surface area contributed by atoms with Gasteiger partial charge < -0.3 is 4.57 Å². The molecule has 0 fully saturated rings. The predicted molar refractivity (Wildman–Crippen MR) is 70.9 cm³/mol. The second-order valence-electron chi connectivity index (χ2n) is 4.69. The smallest absolute Gasteiger partial charge is 0.0480 e. The van der Waals surface area contributed by atoms with Crippen molar-refractivity contribution in [3.63, 3.8) is 0 Å². The van der Waals surface area contributed by atoms with E-state index in [1.807, 2.05) is 6.08 Å². The molecule has 0 bridgehead atoms. The highest BCUT2D eigenvalue weighted by Gasteiger charge is 2.07. The third-order valence-corrected chi connectivity index (χ3v) is 3.13. The molecule has 0 aliphatic carbocycles. The minimum atomic E-state index is 0.584. The molecule has 0 unspecified atom stereocenters. The number of allylic oxidation sites excluding steroid dienone is 1. The molecule has 0 N–H and O–H groups in total. The Hall–Kier alpha value is -1.50. The van der Waals surface area contributed by atoms with Gasteiger partial charge in [-0.3, -0.25) is 0 Å². The Labute approximate surface area is 97.4 Å². The SMILES string of the molecule is C=CCc1cn(C)c2ccc(C(C)C)cc12. The first-order valence-corrected chi connectivity index (χ1v) is 5.82. The Balaban J connectivity index is 2.64. The number of hydrogen-bond donors (Lipinski definition) is 0. The maximum absolute atomic E-state index is 3.82. The molecular weight excluding hydrogens is 194 g/mol. The zero-order valence-corrected chi connectivity index (χ0v) is 10.3. The standard InChI is InChI=1S/C15H19N/c1-5-6-13-10-16(4)15-8-7-12(11(2)3)9-14(13)15/h5,7-11H,1,6H2,2-4H3. The first kappa shape index (κ1) is 11.0. The second kappa shape index (κ2) is 4.17. The maximum Gasteiger partial charge on any atom is 0.0480 e. The largest absolute Gasteiger partial charge is 0.350 e. The highest BCUT2D eigenvalue weighted by molar-refractivity contribution is 5.85. The van der Waals surface area contributed by atoms with Crippen LogP contribution >= 0.6 is 0 Å². The summed E-state index contributed by atoms with van der Waals surface area (Å²) in [5.41, 5.74) is 4.08. The zero-order valence-electron chi connectivity index (χ0n) is 10.3. The summed E-state index contributed by atoms with van der Waals surface area (Å²) in [5.74, 6) is 0.584. The molecule has 0 amide bonds. The number of hydrogen-bond acceptors (Lipinski definition) is 0. The van der Waals surface area contributed by atoms with Gasteiger partial charge in [-0.1, -0.05) is 26.0 Å². The summed E-state index contributed by atoms with van der Waals surface area (Å²) in [5, 5.41) is 1.37. The van der Waals surface area contributed by atoms with Crippen LogP contribution in [0.25, 0.3) is 10.9 Å². The van der Waals surface area contributed by atoms with Crippen LogP contribution in [0.1, 0.15) is 30.9 Å². The Morgan fingerprint density at radius 2 is 2.12 bits per heavy atom. The van der Waals surface area contributed by atoms with Crippen molar-refractivity contribution in [1.82, 2.24) is 4.57 Å². The number of aryl methyl sites for hydroxylation is 1. The summed E-state index contributed by atoms with van der Waals surface area (Å²) in [4.78, 5) is 0. The fourth-order valence-corrected chi connectivity index (χ4v) is 2.17. The molecule has 1 aromatic carbocycles. The highest BCUT2D eigenvalue weighted by atomic mass is 14.9. The van der Waals surface area contributed by atoms with Gasteiger partial charge in [-0.2, -0.15) is 0 Å². The minimum absolute atomic E-state index is 0.584. The van der Waals surface area contributed by atoms with Crippen molar-refractivity contribution >= 4 is 10.9 Å². The summed E-state index contributed by atoms with van der Waals surface area (Å²) in [6.07, 6.45) is 5.12. The van der Waals surface area contributed by atoms with Gasteiger partial charge in [0.2, 0.25) is 0 Å². The van der Waals surface area contributed by atoms with Gasteiger partial charge >= 0.3 is 0 Å². The molecule has 0 spiro atoms. The van der Waals surface area contributed by atoms with Crippen LogP contribution in [0.15, 0.2) is 37.1 Å². The van der Waals surface area contributed by atoms with E-state index >= 15 is 0 Å². The lowest BCUT2D eigenvalue weighted by molar-refractivity contribution is 0.868. The van der Waals surface area contributed by atoms with Crippen molar-refractivity contribution in [2.75, 3.05) is 0 Å². The number of aromatic nitrogens is 1. The molecule has 0 saturated heterocycles. The van der Waals surface area contributed by atoms with E-state index in [2.05, 4.69) is 56.4 Å². The van der Waals surface area contributed by atoms with E-state index in [0.29, 0.717) is 5.92 Å². The minimum Gasteiger partial charge on any atom is -0.350 e. The van der Waals surface area contributed by atoms with Crippen molar-refractivity contribution in [2.45, 2.75) is 26.2 Å². The van der Waals surface area contributed by atoms with Crippen LogP contribution in [0, 0.1) is 0 Å². The van der Waals surface area contributed by atoms with Gasteiger partial charge in [0.25, 0.3) is 0 Å². The van der Waals surface area contributed by atoms with E-state index in [4.69, 9.17) is 0 Å². The quantitative estimate of drug-likeness (QED) is 0.678. The van der Waals surface area contributed by atoms with Gasteiger partial charge in [-0.15, -0.1) is 6.58 Å². The number of fused-ring (bicyclic) bond motifs is 1. The third-order valence-electron chi connectivity index (χ3n) is 3.13. The van der Waals surface area contributed by atoms with Crippen LogP contribution in [0.2, 0.25) is 0 Å². The highest BCUT2D eigenvalue weighted by Crippen LogP contribution is 2.25. The molecule has 0 atom stereocenters. The van der Waals surface area contributed by atoms with Gasteiger partial charge in [-0.05, 0) is 35.6 Å². The summed E-state index contributed by atoms with van der Waals surface area (Å²) in [6.45, 7) is 8.29. The van der Waals surface area contributed by atoms with E-state index in [1.165, 1.54) is 22.0 Å². The topological polar surface area (TPSA) is 4.93 Å². The van der Waals surface area contributed by atoms with Crippen molar-refractivity contribution in [3.8, 4) is 0 Å². The Morgan fingerprint density at radius 3 is 2.75 bits per heavy atom. The van der Waals surface area contributed by atoms with E-state index in [-0.39, 0.29) is 0 Å². The van der Waals surface area contributed by atoms with Gasteiger partial charge in [0.15, 0.2) is 0 Å². The van der Waals surface area contributed by atoms with Crippen molar-refractivity contribution < 1.29 is 0 Å². The molecule has 0 aliphatic rings. The molecule has 1 heteroatoms. The average Bonchev–Trinajstić information content (AvgIpc) is 2.56. The second-order valence-corrected chi connectivity index (χ2v) is 4.69. The number of nitrogens with zero attached hydrogens (tertiary/aromatic N) is 1. The molecule has 1 aromatic heterocycles. The number of rotatable bonds is 3. The molecule has 0 aliphatic heterocycles. The molecule has 2 aromatic rings. The van der Waals surface area contributed by atoms with Crippen LogP contribution < -0.4 is 0 Å². The molecule has 1 nitrogen and oxygen atoms in total. The molecule has 0 saturated carbocycles. The monoisotopic (exact) mass is 213 g/mol.